The molecular weight excluding hydrogens is 218 g/mol. The Morgan fingerprint density at radius 2 is 2.21 bits per heavy atom. The fourth-order valence-corrected chi connectivity index (χ4v) is 1.57. The van der Waals surface area contributed by atoms with Crippen LogP contribution in [0.2, 0.25) is 0 Å². The third kappa shape index (κ3) is 3.42. The first-order valence-corrected chi connectivity index (χ1v) is 6.00. The highest BCUT2D eigenvalue weighted by Gasteiger charge is 2.16. The van der Waals surface area contributed by atoms with Crippen molar-refractivity contribution < 1.29 is 0 Å². The molecule has 0 aromatic carbocycles. The molecule has 1 rings (SSSR count). The molecule has 0 saturated carbocycles. The van der Waals surface area contributed by atoms with Gasteiger partial charge < -0.3 is 5.32 Å². The predicted molar refractivity (Wildman–Crippen MR) is 62.3 cm³/mol. The Morgan fingerprint density at radius 1 is 1.50 bits per heavy atom. The van der Waals surface area contributed by atoms with Gasteiger partial charge in [0.05, 0.1) is 0 Å². The summed E-state index contributed by atoms with van der Waals surface area (Å²) in [5.41, 5.74) is 0.0968. The van der Waals surface area contributed by atoms with Crippen molar-refractivity contribution in [3.8, 4) is 0 Å². The lowest BCUT2D eigenvalue weighted by Crippen LogP contribution is -2.24. The molecule has 0 unspecified atom stereocenters. The molecule has 0 atom stereocenters. The SMILES string of the molecule is CCc1nsc(NCC(C)(C)CCl)n1. The van der Waals surface area contributed by atoms with E-state index in [0.717, 1.165) is 23.9 Å². The maximum absolute atomic E-state index is 5.82. The number of alkyl halides is 1. The number of aryl methyl sites for hydroxylation is 1. The molecule has 80 valence electrons. The molecule has 0 saturated heterocycles. The predicted octanol–water partition coefficient (Wildman–Crippen LogP) is 2.78. The summed E-state index contributed by atoms with van der Waals surface area (Å²) in [5.74, 6) is 1.54. The fraction of sp³-hybridized carbons (Fsp3) is 0.778. The molecule has 1 aromatic rings. The van der Waals surface area contributed by atoms with Crippen molar-refractivity contribution in [3.05, 3.63) is 5.82 Å². The third-order valence-electron chi connectivity index (χ3n) is 1.86. The van der Waals surface area contributed by atoms with Crippen LogP contribution in [0, 0.1) is 5.41 Å². The van der Waals surface area contributed by atoms with Crippen LogP contribution in [-0.2, 0) is 6.42 Å². The van der Waals surface area contributed by atoms with Gasteiger partial charge in [-0.05, 0) is 5.41 Å². The van der Waals surface area contributed by atoms with Crippen LogP contribution in [0.5, 0.6) is 0 Å². The molecule has 0 aliphatic rings. The van der Waals surface area contributed by atoms with Crippen molar-refractivity contribution in [2.75, 3.05) is 17.7 Å². The van der Waals surface area contributed by atoms with Crippen molar-refractivity contribution in [3.63, 3.8) is 0 Å². The van der Waals surface area contributed by atoms with E-state index in [2.05, 4.69) is 35.4 Å². The maximum Gasteiger partial charge on any atom is 0.202 e. The van der Waals surface area contributed by atoms with Crippen LogP contribution in [0.1, 0.15) is 26.6 Å². The number of hydrogen-bond acceptors (Lipinski definition) is 4. The molecule has 1 N–H and O–H groups in total. The van der Waals surface area contributed by atoms with Crippen LogP contribution in [0.4, 0.5) is 5.13 Å². The maximum atomic E-state index is 5.82. The summed E-state index contributed by atoms with van der Waals surface area (Å²) in [7, 11) is 0. The minimum absolute atomic E-state index is 0.0968. The van der Waals surface area contributed by atoms with E-state index in [-0.39, 0.29) is 5.41 Å². The Bertz CT molecular complexity index is 285. The fourth-order valence-electron chi connectivity index (χ4n) is 0.832. The van der Waals surface area contributed by atoms with Gasteiger partial charge in [-0.3, -0.25) is 0 Å². The molecule has 1 aromatic heterocycles. The number of halogens is 1. The largest absolute Gasteiger partial charge is 0.360 e. The number of hydrogen-bond donors (Lipinski definition) is 1. The quantitative estimate of drug-likeness (QED) is 0.795. The van der Waals surface area contributed by atoms with Gasteiger partial charge in [-0.25, -0.2) is 4.98 Å². The Kier molecular flexibility index (Phi) is 4.13. The van der Waals surface area contributed by atoms with E-state index in [0.29, 0.717) is 5.88 Å². The van der Waals surface area contributed by atoms with E-state index in [4.69, 9.17) is 11.6 Å². The minimum Gasteiger partial charge on any atom is -0.360 e. The lowest BCUT2D eigenvalue weighted by molar-refractivity contribution is 0.450. The van der Waals surface area contributed by atoms with E-state index in [9.17, 15) is 0 Å². The monoisotopic (exact) mass is 233 g/mol. The van der Waals surface area contributed by atoms with Gasteiger partial charge >= 0.3 is 0 Å². The lowest BCUT2D eigenvalue weighted by Gasteiger charge is -2.20. The summed E-state index contributed by atoms with van der Waals surface area (Å²) in [5, 5.41) is 4.14. The van der Waals surface area contributed by atoms with Gasteiger partial charge in [0.2, 0.25) is 5.13 Å². The molecule has 1 heterocycles. The van der Waals surface area contributed by atoms with Crippen LogP contribution >= 0.6 is 23.1 Å². The second kappa shape index (κ2) is 4.94. The average Bonchev–Trinajstić information content (AvgIpc) is 2.63. The summed E-state index contributed by atoms with van der Waals surface area (Å²) in [6.45, 7) is 7.12. The van der Waals surface area contributed by atoms with Crippen LogP contribution < -0.4 is 5.32 Å². The lowest BCUT2D eigenvalue weighted by atomic mass is 9.97. The topological polar surface area (TPSA) is 37.8 Å². The molecule has 0 aliphatic heterocycles. The number of anilines is 1. The van der Waals surface area contributed by atoms with Crippen molar-refractivity contribution in [1.82, 2.24) is 9.36 Å². The Labute approximate surface area is 94.1 Å². The molecule has 5 heteroatoms. The number of nitrogens with one attached hydrogen (secondary N) is 1. The Hall–Kier alpha value is -0.350. The van der Waals surface area contributed by atoms with Crippen molar-refractivity contribution in [2.24, 2.45) is 5.41 Å². The van der Waals surface area contributed by atoms with Gasteiger partial charge in [-0.1, -0.05) is 20.8 Å². The van der Waals surface area contributed by atoms with E-state index in [1.807, 2.05) is 0 Å². The second-order valence-corrected chi connectivity index (χ2v) is 5.04. The van der Waals surface area contributed by atoms with Gasteiger partial charge in [0.15, 0.2) is 0 Å². The summed E-state index contributed by atoms with van der Waals surface area (Å²) in [6.07, 6.45) is 0.886. The number of rotatable bonds is 5. The van der Waals surface area contributed by atoms with E-state index in [1.54, 1.807) is 0 Å². The van der Waals surface area contributed by atoms with Gasteiger partial charge in [0.1, 0.15) is 5.82 Å². The van der Waals surface area contributed by atoms with E-state index in [1.165, 1.54) is 11.5 Å². The molecule has 14 heavy (non-hydrogen) atoms. The van der Waals surface area contributed by atoms with Gasteiger partial charge in [-0.15, -0.1) is 11.6 Å². The molecule has 0 radical (unpaired) electrons. The average molecular weight is 234 g/mol. The molecule has 0 spiro atoms. The highest BCUT2D eigenvalue weighted by Crippen LogP contribution is 2.19. The smallest absolute Gasteiger partial charge is 0.202 e. The highest BCUT2D eigenvalue weighted by molar-refractivity contribution is 7.09. The first kappa shape index (κ1) is 11.7. The number of aromatic nitrogens is 2. The normalized spacial score (nSPS) is 11.7. The second-order valence-electron chi connectivity index (χ2n) is 4.02. The zero-order valence-electron chi connectivity index (χ0n) is 8.80. The van der Waals surface area contributed by atoms with Gasteiger partial charge in [0, 0.05) is 30.4 Å². The zero-order valence-corrected chi connectivity index (χ0v) is 10.4. The number of nitrogens with zero attached hydrogens (tertiary/aromatic N) is 2. The molecule has 3 nitrogen and oxygen atoms in total. The third-order valence-corrected chi connectivity index (χ3v) is 3.30. The van der Waals surface area contributed by atoms with Crippen LogP contribution in [0.3, 0.4) is 0 Å². The van der Waals surface area contributed by atoms with Gasteiger partial charge in [0.25, 0.3) is 0 Å². The van der Waals surface area contributed by atoms with Crippen molar-refractivity contribution in [2.45, 2.75) is 27.2 Å². The Balaban J connectivity index is 2.45. The zero-order chi connectivity index (χ0) is 10.6. The molecular formula is C9H16ClN3S. The van der Waals surface area contributed by atoms with Crippen molar-refractivity contribution >= 4 is 28.3 Å². The minimum atomic E-state index is 0.0968. The first-order valence-electron chi connectivity index (χ1n) is 4.70. The van der Waals surface area contributed by atoms with Crippen LogP contribution in [0.15, 0.2) is 0 Å². The Morgan fingerprint density at radius 3 is 2.71 bits per heavy atom. The van der Waals surface area contributed by atoms with Gasteiger partial charge in [-0.2, -0.15) is 4.37 Å². The molecule has 0 fully saturated rings. The molecule has 0 amide bonds. The molecule has 0 aliphatic carbocycles. The standard InChI is InChI=1S/C9H16ClN3S/c1-4-7-12-8(14-13-7)11-6-9(2,3)5-10/h4-6H2,1-3H3,(H,11,12,13). The molecule has 0 bridgehead atoms. The summed E-state index contributed by atoms with van der Waals surface area (Å²) < 4.78 is 4.20. The van der Waals surface area contributed by atoms with E-state index < -0.39 is 0 Å². The summed E-state index contributed by atoms with van der Waals surface area (Å²) >= 11 is 7.23. The highest BCUT2D eigenvalue weighted by atomic mass is 35.5. The first-order chi connectivity index (χ1) is 6.57. The van der Waals surface area contributed by atoms with Crippen LogP contribution in [-0.4, -0.2) is 21.8 Å². The summed E-state index contributed by atoms with van der Waals surface area (Å²) in [4.78, 5) is 4.32. The van der Waals surface area contributed by atoms with Crippen molar-refractivity contribution in [1.29, 1.82) is 0 Å². The van der Waals surface area contributed by atoms with E-state index >= 15 is 0 Å². The summed E-state index contributed by atoms with van der Waals surface area (Å²) in [6, 6.07) is 0. The van der Waals surface area contributed by atoms with Crippen LogP contribution in [0.25, 0.3) is 0 Å².